The Balaban J connectivity index is 1.82. The first-order chi connectivity index (χ1) is 8.68. The number of rotatable bonds is 2. The fourth-order valence-electron chi connectivity index (χ4n) is 2.34. The zero-order valence-electron chi connectivity index (χ0n) is 9.70. The van der Waals surface area contributed by atoms with Gasteiger partial charge in [0, 0.05) is 17.2 Å². The number of nitrogens with zero attached hydrogens (tertiary/aromatic N) is 1. The molecule has 4 nitrogen and oxygen atoms in total. The average Bonchev–Trinajstić information content (AvgIpc) is 3.17. The molecule has 1 N–H and O–H groups in total. The minimum absolute atomic E-state index is 0.0323. The van der Waals surface area contributed by atoms with E-state index in [0.29, 0.717) is 13.0 Å². The third-order valence-corrected chi connectivity index (χ3v) is 4.46. The van der Waals surface area contributed by atoms with Crippen molar-refractivity contribution in [3.05, 3.63) is 24.3 Å². The molecule has 2 unspecified atom stereocenters. The largest absolute Gasteiger partial charge is 0.481 e. The molecule has 1 aromatic rings. The molecule has 0 saturated heterocycles. The molecule has 2 aliphatic rings. The van der Waals surface area contributed by atoms with Crippen molar-refractivity contribution in [2.24, 2.45) is 11.8 Å². The molecule has 1 heterocycles. The second-order valence-electron chi connectivity index (χ2n) is 4.59. The Hall–Kier alpha value is -1.49. The zero-order valence-corrected chi connectivity index (χ0v) is 10.5. The van der Waals surface area contributed by atoms with Crippen LogP contribution in [0.15, 0.2) is 29.2 Å². The lowest BCUT2D eigenvalue weighted by molar-refractivity contribution is -0.140. The van der Waals surface area contributed by atoms with Crippen molar-refractivity contribution in [3.8, 4) is 0 Å². The smallest absolute Gasteiger partial charge is 0.307 e. The lowest BCUT2D eigenvalue weighted by Crippen LogP contribution is -2.37. The van der Waals surface area contributed by atoms with Crippen LogP contribution in [-0.2, 0) is 9.59 Å². The zero-order chi connectivity index (χ0) is 12.7. The normalized spacial score (nSPS) is 25.4. The van der Waals surface area contributed by atoms with Crippen molar-refractivity contribution >= 4 is 29.3 Å². The minimum Gasteiger partial charge on any atom is -0.481 e. The van der Waals surface area contributed by atoms with Gasteiger partial charge in [0.05, 0.1) is 17.5 Å². The molecule has 5 heteroatoms. The van der Waals surface area contributed by atoms with Crippen LogP contribution < -0.4 is 4.90 Å². The number of carboxylic acid groups (broad SMARTS) is 1. The van der Waals surface area contributed by atoms with Crippen LogP contribution in [0.25, 0.3) is 0 Å². The van der Waals surface area contributed by atoms with Crippen LogP contribution in [0, 0.1) is 11.8 Å². The van der Waals surface area contributed by atoms with Crippen molar-refractivity contribution in [2.75, 3.05) is 17.2 Å². The van der Waals surface area contributed by atoms with Crippen molar-refractivity contribution in [3.63, 3.8) is 0 Å². The molecule has 0 spiro atoms. The summed E-state index contributed by atoms with van der Waals surface area (Å²) in [5.74, 6) is -0.811. The van der Waals surface area contributed by atoms with Gasteiger partial charge in [0.1, 0.15) is 0 Å². The van der Waals surface area contributed by atoms with Crippen LogP contribution in [0.3, 0.4) is 0 Å². The van der Waals surface area contributed by atoms with E-state index < -0.39 is 11.9 Å². The SMILES string of the molecule is O=C(O)C1CC1C(=O)N1CCSc2ccccc21. The summed E-state index contributed by atoms with van der Waals surface area (Å²) in [4.78, 5) is 26.0. The van der Waals surface area contributed by atoms with Gasteiger partial charge in [0.2, 0.25) is 5.91 Å². The summed E-state index contributed by atoms with van der Waals surface area (Å²) in [5, 5.41) is 8.89. The molecular formula is C13H13NO3S. The number of carboxylic acids is 1. The van der Waals surface area contributed by atoms with E-state index in [-0.39, 0.29) is 11.8 Å². The van der Waals surface area contributed by atoms with Crippen molar-refractivity contribution in [1.82, 2.24) is 0 Å². The highest BCUT2D eigenvalue weighted by atomic mass is 32.2. The van der Waals surface area contributed by atoms with Crippen molar-refractivity contribution in [2.45, 2.75) is 11.3 Å². The molecule has 0 bridgehead atoms. The summed E-state index contributed by atoms with van der Waals surface area (Å²) >= 11 is 1.74. The molecule has 1 fully saturated rings. The maximum atomic E-state index is 12.3. The average molecular weight is 263 g/mol. The second kappa shape index (κ2) is 4.31. The molecule has 1 aliphatic heterocycles. The van der Waals surface area contributed by atoms with Crippen LogP contribution >= 0.6 is 11.8 Å². The maximum absolute atomic E-state index is 12.3. The van der Waals surface area contributed by atoms with Crippen LogP contribution in [-0.4, -0.2) is 29.3 Å². The highest BCUT2D eigenvalue weighted by molar-refractivity contribution is 7.99. The number of carbonyl (C=O) groups is 2. The van der Waals surface area contributed by atoms with E-state index in [1.165, 1.54) is 0 Å². The Bertz CT molecular complexity index is 517. The van der Waals surface area contributed by atoms with E-state index in [9.17, 15) is 9.59 Å². The van der Waals surface area contributed by atoms with Gasteiger partial charge in [-0.25, -0.2) is 0 Å². The molecule has 1 aromatic carbocycles. The number of aliphatic carboxylic acids is 1. The summed E-state index contributed by atoms with van der Waals surface area (Å²) in [6, 6.07) is 7.79. The number of benzene rings is 1. The molecule has 1 saturated carbocycles. The summed E-state index contributed by atoms with van der Waals surface area (Å²) in [5.41, 5.74) is 0.926. The van der Waals surface area contributed by atoms with Crippen molar-refractivity contribution in [1.29, 1.82) is 0 Å². The van der Waals surface area contributed by atoms with Gasteiger partial charge in [-0.1, -0.05) is 12.1 Å². The monoisotopic (exact) mass is 263 g/mol. The number of fused-ring (bicyclic) bond motifs is 1. The Labute approximate surface area is 109 Å². The lowest BCUT2D eigenvalue weighted by Gasteiger charge is -2.29. The predicted octanol–water partition coefficient (Wildman–Crippen LogP) is 1.85. The van der Waals surface area contributed by atoms with E-state index in [1.54, 1.807) is 16.7 Å². The molecule has 0 aromatic heterocycles. The maximum Gasteiger partial charge on any atom is 0.307 e. The van der Waals surface area contributed by atoms with Crippen LogP contribution in [0.2, 0.25) is 0 Å². The van der Waals surface area contributed by atoms with E-state index in [0.717, 1.165) is 16.3 Å². The van der Waals surface area contributed by atoms with Gasteiger partial charge in [0.25, 0.3) is 0 Å². The third-order valence-electron chi connectivity index (χ3n) is 3.42. The minimum atomic E-state index is -0.854. The molecule has 1 amide bonds. The number of thioether (sulfide) groups is 1. The standard InChI is InChI=1S/C13H13NO3S/c15-12(8-7-9(8)13(16)17)14-5-6-18-11-4-2-1-3-10(11)14/h1-4,8-9H,5-7H2,(H,16,17). The first-order valence-electron chi connectivity index (χ1n) is 5.94. The van der Waals surface area contributed by atoms with E-state index >= 15 is 0 Å². The van der Waals surface area contributed by atoms with Gasteiger partial charge in [-0.2, -0.15) is 0 Å². The number of carbonyl (C=O) groups excluding carboxylic acids is 1. The van der Waals surface area contributed by atoms with Crippen LogP contribution in [0.4, 0.5) is 5.69 Å². The lowest BCUT2D eigenvalue weighted by atomic mass is 10.2. The summed E-state index contributed by atoms with van der Waals surface area (Å²) < 4.78 is 0. The summed E-state index contributed by atoms with van der Waals surface area (Å²) in [6.45, 7) is 0.670. The molecule has 1 aliphatic carbocycles. The quantitative estimate of drug-likeness (QED) is 0.884. The Morgan fingerprint density at radius 2 is 2.06 bits per heavy atom. The molecular weight excluding hydrogens is 250 g/mol. The first kappa shape index (κ1) is 11.6. The topological polar surface area (TPSA) is 57.6 Å². The fraction of sp³-hybridized carbons (Fsp3) is 0.385. The fourth-order valence-corrected chi connectivity index (χ4v) is 3.33. The van der Waals surface area contributed by atoms with E-state index in [2.05, 4.69) is 0 Å². The highest BCUT2D eigenvalue weighted by Gasteiger charge is 2.50. The Morgan fingerprint density at radius 1 is 1.28 bits per heavy atom. The molecule has 18 heavy (non-hydrogen) atoms. The number of para-hydroxylation sites is 1. The van der Waals surface area contributed by atoms with Gasteiger partial charge in [-0.15, -0.1) is 11.8 Å². The van der Waals surface area contributed by atoms with Gasteiger partial charge >= 0.3 is 5.97 Å². The Morgan fingerprint density at radius 3 is 2.78 bits per heavy atom. The summed E-state index contributed by atoms with van der Waals surface area (Å²) in [7, 11) is 0. The van der Waals surface area contributed by atoms with E-state index in [1.807, 2.05) is 24.3 Å². The highest BCUT2D eigenvalue weighted by Crippen LogP contribution is 2.43. The second-order valence-corrected chi connectivity index (χ2v) is 5.73. The van der Waals surface area contributed by atoms with Gasteiger partial charge in [0.15, 0.2) is 0 Å². The molecule has 2 atom stereocenters. The number of anilines is 1. The molecule has 3 rings (SSSR count). The molecule has 0 radical (unpaired) electrons. The van der Waals surface area contributed by atoms with Gasteiger partial charge < -0.3 is 10.0 Å². The number of hydrogen-bond acceptors (Lipinski definition) is 3. The summed E-state index contributed by atoms with van der Waals surface area (Å²) in [6.07, 6.45) is 0.486. The predicted molar refractivity (Wildman–Crippen MR) is 68.8 cm³/mol. The van der Waals surface area contributed by atoms with Crippen LogP contribution in [0.1, 0.15) is 6.42 Å². The van der Waals surface area contributed by atoms with Gasteiger partial charge in [-0.05, 0) is 18.6 Å². The Kier molecular flexibility index (Phi) is 2.78. The van der Waals surface area contributed by atoms with Crippen LogP contribution in [0.5, 0.6) is 0 Å². The van der Waals surface area contributed by atoms with E-state index in [4.69, 9.17) is 5.11 Å². The molecule has 94 valence electrons. The first-order valence-corrected chi connectivity index (χ1v) is 6.93. The van der Waals surface area contributed by atoms with Gasteiger partial charge in [-0.3, -0.25) is 9.59 Å². The third kappa shape index (κ3) is 1.88. The number of amides is 1. The number of hydrogen-bond donors (Lipinski definition) is 1. The van der Waals surface area contributed by atoms with Crippen molar-refractivity contribution < 1.29 is 14.7 Å².